The lowest BCUT2D eigenvalue weighted by Gasteiger charge is -2.01. The molecule has 0 saturated carbocycles. The summed E-state index contributed by atoms with van der Waals surface area (Å²) in [6.07, 6.45) is 0. The third-order valence-corrected chi connectivity index (χ3v) is 1.29. The van der Waals surface area contributed by atoms with Gasteiger partial charge in [-0.15, -0.1) is 24.8 Å². The number of nitrogens with zero attached hydrogens (tertiary/aromatic N) is 2. The second-order valence-electron chi connectivity index (χ2n) is 2.39. The molecule has 1 aromatic heterocycles. The molecule has 0 aromatic carbocycles. The molecule has 1 rings (SSSR count). The number of nitrogens with two attached hydrogens (primary N) is 1. The van der Waals surface area contributed by atoms with E-state index in [9.17, 15) is 0 Å². The van der Waals surface area contributed by atoms with E-state index in [2.05, 4.69) is 10.2 Å². The first-order chi connectivity index (χ1) is 4.70. The van der Waals surface area contributed by atoms with Crippen LogP contribution in [0.1, 0.15) is 24.4 Å². The van der Waals surface area contributed by atoms with Crippen LogP contribution in [-0.2, 0) is 0 Å². The van der Waals surface area contributed by atoms with Crippen molar-refractivity contribution in [3.05, 3.63) is 23.5 Å². The summed E-state index contributed by atoms with van der Waals surface area (Å²) in [7, 11) is 0. The fraction of sp³-hybridized carbons (Fsp3) is 0.429. The fourth-order valence-electron chi connectivity index (χ4n) is 0.652. The SMILES string of the molecule is Cc1ccc([C@@H](C)N)nn1.Cl.Cl. The standard InChI is InChI=1S/C7H11N3.2ClH/c1-5-3-4-7(6(2)8)10-9-5;;/h3-4,6H,8H2,1-2H3;2*1H/t6-;;/m1../s1. The maximum absolute atomic E-state index is 5.56. The first-order valence-electron chi connectivity index (χ1n) is 3.26. The zero-order valence-electron chi connectivity index (χ0n) is 7.02. The van der Waals surface area contributed by atoms with Crippen LogP contribution in [0, 0.1) is 6.92 Å². The molecule has 1 heterocycles. The van der Waals surface area contributed by atoms with Gasteiger partial charge in [0.2, 0.25) is 0 Å². The molecule has 0 saturated heterocycles. The predicted molar refractivity (Wildman–Crippen MR) is 53.9 cm³/mol. The summed E-state index contributed by atoms with van der Waals surface area (Å²) in [6.45, 7) is 3.79. The van der Waals surface area contributed by atoms with E-state index in [1.54, 1.807) is 0 Å². The normalized spacial score (nSPS) is 10.9. The summed E-state index contributed by atoms with van der Waals surface area (Å²) in [6, 6.07) is 3.78. The number of rotatable bonds is 1. The van der Waals surface area contributed by atoms with Gasteiger partial charge in [0.15, 0.2) is 0 Å². The van der Waals surface area contributed by atoms with Gasteiger partial charge in [-0.05, 0) is 26.0 Å². The van der Waals surface area contributed by atoms with Gasteiger partial charge in [-0.25, -0.2) is 0 Å². The van der Waals surface area contributed by atoms with Gasteiger partial charge < -0.3 is 5.73 Å². The molecule has 0 aliphatic carbocycles. The van der Waals surface area contributed by atoms with Gasteiger partial charge in [0.1, 0.15) is 0 Å². The Morgan fingerprint density at radius 1 is 1.25 bits per heavy atom. The molecule has 0 bridgehead atoms. The van der Waals surface area contributed by atoms with Crippen molar-refractivity contribution in [2.24, 2.45) is 5.73 Å². The van der Waals surface area contributed by atoms with Gasteiger partial charge >= 0.3 is 0 Å². The predicted octanol–water partition coefficient (Wildman–Crippen LogP) is 1.65. The summed E-state index contributed by atoms with van der Waals surface area (Å²) in [5.74, 6) is 0. The van der Waals surface area contributed by atoms with Crippen LogP contribution in [0.4, 0.5) is 0 Å². The minimum Gasteiger partial charge on any atom is -0.323 e. The van der Waals surface area contributed by atoms with Gasteiger partial charge in [-0.3, -0.25) is 0 Å². The van der Waals surface area contributed by atoms with Crippen LogP contribution in [0.15, 0.2) is 12.1 Å². The van der Waals surface area contributed by atoms with Crippen molar-refractivity contribution in [2.45, 2.75) is 19.9 Å². The Morgan fingerprint density at radius 2 is 1.83 bits per heavy atom. The van der Waals surface area contributed by atoms with Crippen LogP contribution in [0.3, 0.4) is 0 Å². The van der Waals surface area contributed by atoms with Crippen molar-refractivity contribution < 1.29 is 0 Å². The fourth-order valence-corrected chi connectivity index (χ4v) is 0.652. The van der Waals surface area contributed by atoms with E-state index in [4.69, 9.17) is 5.73 Å². The highest BCUT2D eigenvalue weighted by Crippen LogP contribution is 2.03. The molecule has 1 aromatic rings. The van der Waals surface area contributed by atoms with Crippen LogP contribution < -0.4 is 5.73 Å². The molecule has 70 valence electrons. The minimum absolute atomic E-state index is 0. The highest BCUT2D eigenvalue weighted by Gasteiger charge is 1.98. The first kappa shape index (κ1) is 14.2. The zero-order chi connectivity index (χ0) is 7.56. The van der Waals surface area contributed by atoms with Crippen LogP contribution in [-0.4, -0.2) is 10.2 Å². The first-order valence-corrected chi connectivity index (χ1v) is 3.26. The summed E-state index contributed by atoms with van der Waals surface area (Å²) in [4.78, 5) is 0. The molecule has 0 fully saturated rings. The molecular formula is C7H13Cl2N3. The van der Waals surface area contributed by atoms with E-state index in [1.807, 2.05) is 26.0 Å². The van der Waals surface area contributed by atoms with E-state index in [0.29, 0.717) is 0 Å². The lowest BCUT2D eigenvalue weighted by Crippen LogP contribution is -2.08. The van der Waals surface area contributed by atoms with Crippen LogP contribution >= 0.6 is 24.8 Å². The number of aryl methyl sites for hydroxylation is 1. The summed E-state index contributed by atoms with van der Waals surface area (Å²) < 4.78 is 0. The summed E-state index contributed by atoms with van der Waals surface area (Å²) in [5.41, 5.74) is 7.32. The van der Waals surface area contributed by atoms with Crippen molar-refractivity contribution >= 4 is 24.8 Å². The van der Waals surface area contributed by atoms with Gasteiger partial charge in [-0.1, -0.05) is 0 Å². The van der Waals surface area contributed by atoms with Crippen LogP contribution in [0.25, 0.3) is 0 Å². The number of hydrogen-bond acceptors (Lipinski definition) is 3. The molecule has 0 amide bonds. The Morgan fingerprint density at radius 3 is 2.17 bits per heavy atom. The maximum atomic E-state index is 5.56. The zero-order valence-corrected chi connectivity index (χ0v) is 8.65. The summed E-state index contributed by atoms with van der Waals surface area (Å²) in [5, 5.41) is 7.77. The van der Waals surface area contributed by atoms with E-state index >= 15 is 0 Å². The lowest BCUT2D eigenvalue weighted by molar-refractivity contribution is 0.746. The molecule has 0 radical (unpaired) electrons. The van der Waals surface area contributed by atoms with Gasteiger partial charge in [0.05, 0.1) is 11.4 Å². The maximum Gasteiger partial charge on any atom is 0.0795 e. The highest BCUT2D eigenvalue weighted by molar-refractivity contribution is 5.85. The Bertz CT molecular complexity index is 210. The Hall–Kier alpha value is -0.380. The molecule has 5 heteroatoms. The molecule has 0 aliphatic heterocycles. The number of hydrogen-bond donors (Lipinski definition) is 1. The van der Waals surface area contributed by atoms with Crippen molar-refractivity contribution in [3.8, 4) is 0 Å². The third kappa shape index (κ3) is 3.85. The number of aromatic nitrogens is 2. The van der Waals surface area contributed by atoms with Gasteiger partial charge in [0, 0.05) is 6.04 Å². The Balaban J connectivity index is 0. The lowest BCUT2D eigenvalue weighted by atomic mass is 10.2. The highest BCUT2D eigenvalue weighted by atomic mass is 35.5. The van der Waals surface area contributed by atoms with E-state index in [-0.39, 0.29) is 30.9 Å². The van der Waals surface area contributed by atoms with Crippen LogP contribution in [0.5, 0.6) is 0 Å². The van der Waals surface area contributed by atoms with Crippen molar-refractivity contribution in [1.29, 1.82) is 0 Å². The Labute approximate surface area is 84.6 Å². The number of halogens is 2. The minimum atomic E-state index is -0.0203. The van der Waals surface area contributed by atoms with Gasteiger partial charge in [-0.2, -0.15) is 10.2 Å². The van der Waals surface area contributed by atoms with Crippen molar-refractivity contribution in [2.75, 3.05) is 0 Å². The third-order valence-electron chi connectivity index (χ3n) is 1.29. The molecule has 12 heavy (non-hydrogen) atoms. The van der Waals surface area contributed by atoms with Crippen LogP contribution in [0.2, 0.25) is 0 Å². The molecule has 3 nitrogen and oxygen atoms in total. The summed E-state index contributed by atoms with van der Waals surface area (Å²) >= 11 is 0. The molecule has 0 aliphatic rings. The van der Waals surface area contributed by atoms with E-state index in [0.717, 1.165) is 11.4 Å². The topological polar surface area (TPSA) is 51.8 Å². The molecule has 2 N–H and O–H groups in total. The quantitative estimate of drug-likeness (QED) is 0.766. The monoisotopic (exact) mass is 209 g/mol. The second kappa shape index (κ2) is 6.17. The van der Waals surface area contributed by atoms with E-state index < -0.39 is 0 Å². The molecule has 0 unspecified atom stereocenters. The van der Waals surface area contributed by atoms with Crippen molar-refractivity contribution in [1.82, 2.24) is 10.2 Å². The molecular weight excluding hydrogens is 197 g/mol. The molecule has 0 spiro atoms. The van der Waals surface area contributed by atoms with Crippen molar-refractivity contribution in [3.63, 3.8) is 0 Å². The average Bonchev–Trinajstić information content (AvgIpc) is 1.88. The van der Waals surface area contributed by atoms with E-state index in [1.165, 1.54) is 0 Å². The molecule has 1 atom stereocenters. The second-order valence-corrected chi connectivity index (χ2v) is 2.39. The van der Waals surface area contributed by atoms with Gasteiger partial charge in [0.25, 0.3) is 0 Å². The average molecular weight is 210 g/mol. The smallest absolute Gasteiger partial charge is 0.0795 e. The largest absolute Gasteiger partial charge is 0.323 e. The Kier molecular flexibility index (Phi) is 7.28.